The van der Waals surface area contributed by atoms with Gasteiger partial charge in [0, 0.05) is 6.04 Å². The molecule has 1 saturated carbocycles. The van der Waals surface area contributed by atoms with Crippen molar-refractivity contribution in [2.45, 2.75) is 45.2 Å². The number of benzene rings is 1. The maximum absolute atomic E-state index is 12.2. The fraction of sp³-hybridized carbons (Fsp3) is 0.500. The summed E-state index contributed by atoms with van der Waals surface area (Å²) in [6, 6.07) is 6.45. The van der Waals surface area contributed by atoms with E-state index in [9.17, 15) is 4.79 Å². The lowest BCUT2D eigenvalue weighted by molar-refractivity contribution is -0.118. The predicted molar refractivity (Wildman–Crippen MR) is 69.4 cm³/mol. The Kier molecular flexibility index (Phi) is 2.03. The third-order valence-electron chi connectivity index (χ3n) is 3.85. The summed E-state index contributed by atoms with van der Waals surface area (Å²) in [7, 11) is 0. The molecule has 1 heterocycles. The molecule has 0 radical (unpaired) electrons. The number of carbonyl (C=O) groups excluding carboxylic acids is 1. The van der Waals surface area contributed by atoms with E-state index in [2.05, 4.69) is 37.1 Å². The molecule has 0 atom stereocenters. The van der Waals surface area contributed by atoms with E-state index in [1.807, 2.05) is 12.1 Å². The summed E-state index contributed by atoms with van der Waals surface area (Å²) in [5, 5.41) is 3.06. The van der Waals surface area contributed by atoms with Crippen LogP contribution in [-0.2, 0) is 4.79 Å². The fourth-order valence-corrected chi connectivity index (χ4v) is 2.98. The third-order valence-corrected chi connectivity index (χ3v) is 3.85. The van der Waals surface area contributed by atoms with Crippen LogP contribution in [0, 0.1) is 6.92 Å². The number of carbonyl (C=O) groups is 1. The molecule has 0 bridgehead atoms. The van der Waals surface area contributed by atoms with Crippen molar-refractivity contribution in [1.29, 1.82) is 0 Å². The van der Waals surface area contributed by atoms with Crippen LogP contribution in [0.5, 0.6) is 0 Å². The summed E-state index contributed by atoms with van der Waals surface area (Å²) in [6.45, 7) is 6.44. The van der Waals surface area contributed by atoms with Gasteiger partial charge < -0.3 is 10.2 Å². The van der Waals surface area contributed by atoms with E-state index >= 15 is 0 Å². The first-order valence-corrected chi connectivity index (χ1v) is 6.27. The molecule has 0 aromatic heterocycles. The lowest BCUT2D eigenvalue weighted by Gasteiger charge is -2.42. The van der Waals surface area contributed by atoms with Crippen LogP contribution >= 0.6 is 0 Å². The predicted octanol–water partition coefficient (Wildman–Crippen LogP) is 2.69. The molecule has 90 valence electrons. The monoisotopic (exact) mass is 230 g/mol. The second-order valence-corrected chi connectivity index (χ2v) is 5.42. The summed E-state index contributed by atoms with van der Waals surface area (Å²) in [6.07, 6.45) is 1.95. The van der Waals surface area contributed by atoms with Crippen LogP contribution in [0.3, 0.4) is 0 Å². The Labute approximate surface area is 102 Å². The van der Waals surface area contributed by atoms with E-state index in [4.69, 9.17) is 0 Å². The summed E-state index contributed by atoms with van der Waals surface area (Å²) < 4.78 is 0. The standard InChI is InChI=1S/C14H18N2O/c1-9(2)16-12-10(3)5-4-6-11(12)15-13(17)14(16)7-8-14/h4-6,9H,7-8H2,1-3H3,(H,15,17). The quantitative estimate of drug-likeness (QED) is 0.804. The lowest BCUT2D eigenvalue weighted by atomic mass is 10.0. The van der Waals surface area contributed by atoms with Crippen molar-refractivity contribution >= 4 is 17.3 Å². The summed E-state index contributed by atoms with van der Waals surface area (Å²) in [5.41, 5.74) is 3.15. The highest BCUT2D eigenvalue weighted by Gasteiger charge is 2.58. The van der Waals surface area contributed by atoms with Crippen molar-refractivity contribution in [2.24, 2.45) is 0 Å². The van der Waals surface area contributed by atoms with Crippen molar-refractivity contribution in [3.8, 4) is 0 Å². The van der Waals surface area contributed by atoms with E-state index in [1.54, 1.807) is 0 Å². The number of aryl methyl sites for hydroxylation is 1. The first-order valence-electron chi connectivity index (χ1n) is 6.27. The normalized spacial score (nSPS) is 20.5. The highest BCUT2D eigenvalue weighted by molar-refractivity contribution is 6.09. The van der Waals surface area contributed by atoms with E-state index in [1.165, 1.54) is 11.3 Å². The van der Waals surface area contributed by atoms with Gasteiger partial charge in [0.25, 0.3) is 0 Å². The largest absolute Gasteiger partial charge is 0.353 e. The van der Waals surface area contributed by atoms with Gasteiger partial charge in [0.2, 0.25) is 5.91 Å². The average Bonchev–Trinajstić information content (AvgIpc) is 3.02. The summed E-state index contributed by atoms with van der Waals surface area (Å²) in [4.78, 5) is 14.5. The van der Waals surface area contributed by atoms with Gasteiger partial charge in [-0.15, -0.1) is 0 Å². The molecule has 0 unspecified atom stereocenters. The first kappa shape index (κ1) is 10.6. The molecule has 1 amide bonds. The minimum Gasteiger partial charge on any atom is -0.353 e. The smallest absolute Gasteiger partial charge is 0.250 e. The Bertz CT molecular complexity index is 489. The van der Waals surface area contributed by atoms with E-state index < -0.39 is 0 Å². The molecule has 1 aromatic rings. The topological polar surface area (TPSA) is 32.3 Å². The number of amides is 1. The number of hydrogen-bond acceptors (Lipinski definition) is 2. The molecule has 1 spiro atoms. The Morgan fingerprint density at radius 1 is 1.35 bits per heavy atom. The number of fused-ring (bicyclic) bond motifs is 1. The van der Waals surface area contributed by atoms with Crippen molar-refractivity contribution < 1.29 is 4.79 Å². The van der Waals surface area contributed by atoms with Gasteiger partial charge in [-0.05, 0) is 45.2 Å². The number of nitrogens with one attached hydrogen (secondary N) is 1. The maximum atomic E-state index is 12.2. The molecule has 3 nitrogen and oxygen atoms in total. The second kappa shape index (κ2) is 3.25. The van der Waals surface area contributed by atoms with Crippen LogP contribution in [0.25, 0.3) is 0 Å². The van der Waals surface area contributed by atoms with E-state index in [-0.39, 0.29) is 11.4 Å². The maximum Gasteiger partial charge on any atom is 0.250 e. The van der Waals surface area contributed by atoms with Gasteiger partial charge in [0.05, 0.1) is 11.4 Å². The molecule has 1 aromatic carbocycles. The third kappa shape index (κ3) is 1.31. The average molecular weight is 230 g/mol. The highest BCUT2D eigenvalue weighted by atomic mass is 16.2. The SMILES string of the molecule is Cc1cccc2c1N(C(C)C)C1(CC1)C(=O)N2. The zero-order valence-electron chi connectivity index (χ0n) is 10.6. The molecule has 1 aliphatic carbocycles. The molecular formula is C14H18N2O. The number of anilines is 2. The van der Waals surface area contributed by atoms with Gasteiger partial charge in [0.15, 0.2) is 0 Å². The Hall–Kier alpha value is -1.51. The molecule has 17 heavy (non-hydrogen) atoms. The van der Waals surface area contributed by atoms with Crippen LogP contribution in [-0.4, -0.2) is 17.5 Å². The van der Waals surface area contributed by atoms with Crippen molar-refractivity contribution in [1.82, 2.24) is 0 Å². The van der Waals surface area contributed by atoms with Crippen LogP contribution in [0.4, 0.5) is 11.4 Å². The van der Waals surface area contributed by atoms with Gasteiger partial charge in [-0.25, -0.2) is 0 Å². The van der Waals surface area contributed by atoms with Gasteiger partial charge >= 0.3 is 0 Å². The number of para-hydroxylation sites is 1. The molecule has 0 saturated heterocycles. The molecule has 3 rings (SSSR count). The number of hydrogen-bond donors (Lipinski definition) is 1. The van der Waals surface area contributed by atoms with Crippen molar-refractivity contribution in [3.05, 3.63) is 23.8 Å². The Morgan fingerprint density at radius 2 is 2.06 bits per heavy atom. The van der Waals surface area contributed by atoms with Crippen molar-refractivity contribution in [2.75, 3.05) is 10.2 Å². The zero-order chi connectivity index (χ0) is 12.2. The Balaban J connectivity index is 2.20. The summed E-state index contributed by atoms with van der Waals surface area (Å²) >= 11 is 0. The summed E-state index contributed by atoms with van der Waals surface area (Å²) in [5.74, 6) is 0.171. The number of nitrogens with zero attached hydrogens (tertiary/aromatic N) is 1. The highest BCUT2D eigenvalue weighted by Crippen LogP contribution is 2.51. The van der Waals surface area contributed by atoms with Crippen LogP contribution < -0.4 is 10.2 Å². The molecule has 2 aliphatic rings. The van der Waals surface area contributed by atoms with Crippen molar-refractivity contribution in [3.63, 3.8) is 0 Å². The van der Waals surface area contributed by atoms with Gasteiger partial charge in [-0.3, -0.25) is 4.79 Å². The minimum atomic E-state index is -0.257. The van der Waals surface area contributed by atoms with E-state index in [0.717, 1.165) is 18.5 Å². The molecule has 1 fully saturated rings. The van der Waals surface area contributed by atoms with Gasteiger partial charge in [0.1, 0.15) is 5.54 Å². The molecular weight excluding hydrogens is 212 g/mol. The van der Waals surface area contributed by atoms with E-state index in [0.29, 0.717) is 6.04 Å². The molecule has 1 N–H and O–H groups in total. The van der Waals surface area contributed by atoms with Crippen LogP contribution in [0.2, 0.25) is 0 Å². The first-order chi connectivity index (χ1) is 8.06. The number of rotatable bonds is 1. The second-order valence-electron chi connectivity index (χ2n) is 5.42. The lowest BCUT2D eigenvalue weighted by Crippen LogP contribution is -2.53. The fourth-order valence-electron chi connectivity index (χ4n) is 2.98. The molecule has 3 heteroatoms. The minimum absolute atomic E-state index is 0.171. The zero-order valence-corrected chi connectivity index (χ0v) is 10.6. The van der Waals surface area contributed by atoms with Gasteiger partial charge in [-0.2, -0.15) is 0 Å². The van der Waals surface area contributed by atoms with Gasteiger partial charge in [-0.1, -0.05) is 12.1 Å². The Morgan fingerprint density at radius 3 is 2.65 bits per heavy atom. The van der Waals surface area contributed by atoms with Crippen LogP contribution in [0.15, 0.2) is 18.2 Å². The van der Waals surface area contributed by atoms with Crippen LogP contribution in [0.1, 0.15) is 32.3 Å². The molecule has 1 aliphatic heterocycles.